The Morgan fingerprint density at radius 2 is 1.66 bits per heavy atom. The topological polar surface area (TPSA) is 115 Å². The zero-order valence-electron chi connectivity index (χ0n) is 27.2. The van der Waals surface area contributed by atoms with Gasteiger partial charge in [-0.1, -0.05) is 30.3 Å². The van der Waals surface area contributed by atoms with Crippen molar-refractivity contribution in [1.29, 1.82) is 0 Å². The smallest absolute Gasteiger partial charge is 0.422 e. The Bertz CT molecular complexity index is 2080. The van der Waals surface area contributed by atoms with E-state index in [0.29, 0.717) is 55.3 Å². The maximum absolute atomic E-state index is 14.0. The van der Waals surface area contributed by atoms with Gasteiger partial charge in [-0.05, 0) is 48.0 Å². The quantitative estimate of drug-likeness (QED) is 0.176. The average Bonchev–Trinajstić information content (AvgIpc) is 3.39. The van der Waals surface area contributed by atoms with Crippen molar-refractivity contribution in [2.75, 3.05) is 44.6 Å². The summed E-state index contributed by atoms with van der Waals surface area (Å²) >= 11 is 0. The molecule has 1 aliphatic heterocycles. The summed E-state index contributed by atoms with van der Waals surface area (Å²) in [6.45, 7) is 1.31. The standard InChI is InChI=1S/C35H34F3N5O6S/c1-41-30-9-4-3-8-29(30)33(49-31-15-12-25(21-39-31)40-50(45,46)28-7-5-6-27(20-28)47-2)32(41)34(44)43-18-16-42(17-19-43)22-24-10-13-26(14-11-24)48-23-35(36,37)38/h3-15,20-21,40H,16-19,22-23H2,1-2H3. The minimum Gasteiger partial charge on any atom is -0.497 e. The molecule has 0 spiro atoms. The van der Waals surface area contributed by atoms with Gasteiger partial charge in [-0.25, -0.2) is 13.4 Å². The number of rotatable bonds is 11. The van der Waals surface area contributed by atoms with Gasteiger partial charge in [-0.3, -0.25) is 14.4 Å². The number of anilines is 1. The van der Waals surface area contributed by atoms with Gasteiger partial charge in [0.05, 0.1) is 29.4 Å². The van der Waals surface area contributed by atoms with Crippen LogP contribution in [0.3, 0.4) is 0 Å². The molecule has 1 amide bonds. The number of nitrogens with one attached hydrogen (secondary N) is 1. The van der Waals surface area contributed by atoms with Crippen LogP contribution in [-0.2, 0) is 23.6 Å². The van der Waals surface area contributed by atoms with E-state index < -0.39 is 22.8 Å². The van der Waals surface area contributed by atoms with Gasteiger partial charge in [0.15, 0.2) is 18.1 Å². The Kier molecular flexibility index (Phi) is 9.88. The van der Waals surface area contributed by atoms with E-state index in [9.17, 15) is 26.4 Å². The lowest BCUT2D eigenvalue weighted by Crippen LogP contribution is -2.48. The van der Waals surface area contributed by atoms with Crippen LogP contribution in [0.15, 0.2) is 96.0 Å². The van der Waals surface area contributed by atoms with Gasteiger partial charge in [0, 0.05) is 57.3 Å². The van der Waals surface area contributed by atoms with E-state index in [0.717, 1.165) is 11.1 Å². The molecule has 5 aromatic rings. The fraction of sp³-hybridized carbons (Fsp3) is 0.257. The summed E-state index contributed by atoms with van der Waals surface area (Å²) in [7, 11) is -0.662. The summed E-state index contributed by atoms with van der Waals surface area (Å²) in [5, 5.41) is 0.712. The highest BCUT2D eigenvalue weighted by Crippen LogP contribution is 2.36. The number of carbonyl (C=O) groups excluding carboxylic acids is 1. The first-order valence-corrected chi connectivity index (χ1v) is 17.1. The van der Waals surface area contributed by atoms with Gasteiger partial charge in [0.25, 0.3) is 15.9 Å². The molecule has 1 N–H and O–H groups in total. The summed E-state index contributed by atoms with van der Waals surface area (Å²) < 4.78 is 83.7. The summed E-state index contributed by atoms with van der Waals surface area (Å²) in [4.78, 5) is 22.3. The second-order valence-electron chi connectivity index (χ2n) is 11.6. The molecule has 0 unspecified atom stereocenters. The number of ether oxygens (including phenoxy) is 3. The highest BCUT2D eigenvalue weighted by molar-refractivity contribution is 7.92. The van der Waals surface area contributed by atoms with Crippen LogP contribution in [0.1, 0.15) is 16.1 Å². The molecule has 50 heavy (non-hydrogen) atoms. The third-order valence-corrected chi connectivity index (χ3v) is 9.58. The number of carbonyl (C=O) groups is 1. The molecule has 11 nitrogen and oxygen atoms in total. The molecule has 6 rings (SSSR count). The van der Waals surface area contributed by atoms with Crippen LogP contribution in [0.25, 0.3) is 10.9 Å². The Morgan fingerprint density at radius 1 is 0.920 bits per heavy atom. The summed E-state index contributed by atoms with van der Waals surface area (Å²) in [6.07, 6.45) is -3.07. The first-order valence-electron chi connectivity index (χ1n) is 15.6. The Hall–Kier alpha value is -5.28. The van der Waals surface area contributed by atoms with E-state index in [1.807, 2.05) is 24.3 Å². The molecular weight excluding hydrogens is 675 g/mol. The van der Waals surface area contributed by atoms with Crippen LogP contribution in [0, 0.1) is 0 Å². The van der Waals surface area contributed by atoms with Gasteiger partial charge in [0.2, 0.25) is 5.88 Å². The number of fused-ring (bicyclic) bond motifs is 1. The number of hydrogen-bond donors (Lipinski definition) is 1. The SMILES string of the molecule is COc1cccc(S(=O)(=O)Nc2ccc(Oc3c(C(=O)N4CCN(Cc5ccc(OCC(F)(F)F)cc5)CC4)n(C)c4ccccc34)nc2)c1. The zero-order valence-corrected chi connectivity index (χ0v) is 28.0. The van der Waals surface area contributed by atoms with E-state index in [4.69, 9.17) is 14.2 Å². The third-order valence-electron chi connectivity index (χ3n) is 8.20. The van der Waals surface area contributed by atoms with Crippen LogP contribution in [0.4, 0.5) is 18.9 Å². The predicted octanol–water partition coefficient (Wildman–Crippen LogP) is 6.07. The Labute approximate surface area is 286 Å². The van der Waals surface area contributed by atoms with Crippen LogP contribution in [-0.4, -0.2) is 79.7 Å². The molecule has 0 radical (unpaired) electrons. The van der Waals surface area contributed by atoms with Crippen molar-refractivity contribution >= 4 is 32.5 Å². The van der Waals surface area contributed by atoms with E-state index in [1.165, 1.54) is 49.7 Å². The number of alkyl halides is 3. The highest BCUT2D eigenvalue weighted by atomic mass is 32.2. The number of benzene rings is 3. The van der Waals surface area contributed by atoms with Gasteiger partial charge in [-0.15, -0.1) is 0 Å². The van der Waals surface area contributed by atoms with E-state index >= 15 is 0 Å². The molecule has 0 saturated carbocycles. The second-order valence-corrected chi connectivity index (χ2v) is 13.3. The third kappa shape index (κ3) is 7.95. The maximum Gasteiger partial charge on any atom is 0.422 e. The molecular formula is C35H34F3N5O6S. The average molecular weight is 710 g/mol. The summed E-state index contributed by atoms with van der Waals surface area (Å²) in [5.41, 5.74) is 2.27. The molecule has 15 heteroatoms. The first kappa shape index (κ1) is 34.6. The minimum atomic E-state index is -4.40. The number of amides is 1. The van der Waals surface area contributed by atoms with Crippen molar-refractivity contribution in [3.63, 3.8) is 0 Å². The second kappa shape index (κ2) is 14.3. The number of hydrogen-bond acceptors (Lipinski definition) is 8. The lowest BCUT2D eigenvalue weighted by Gasteiger charge is -2.35. The van der Waals surface area contributed by atoms with E-state index in [2.05, 4.69) is 14.6 Å². The van der Waals surface area contributed by atoms with Crippen molar-refractivity contribution in [3.8, 4) is 23.1 Å². The van der Waals surface area contributed by atoms with Crippen molar-refractivity contribution < 1.29 is 40.6 Å². The Morgan fingerprint density at radius 3 is 2.34 bits per heavy atom. The molecule has 1 aliphatic rings. The number of piperazine rings is 1. The van der Waals surface area contributed by atoms with Crippen molar-refractivity contribution in [1.82, 2.24) is 19.4 Å². The van der Waals surface area contributed by atoms with E-state index in [1.54, 1.807) is 40.8 Å². The molecule has 3 aromatic carbocycles. The maximum atomic E-state index is 14.0. The molecule has 1 saturated heterocycles. The fourth-order valence-corrected chi connectivity index (χ4v) is 6.74. The summed E-state index contributed by atoms with van der Waals surface area (Å²) in [6, 6.07) is 23.1. The number of sulfonamides is 1. The van der Waals surface area contributed by atoms with Gasteiger partial charge in [-0.2, -0.15) is 13.2 Å². The number of aryl methyl sites for hydroxylation is 1. The molecule has 0 aliphatic carbocycles. The number of aromatic nitrogens is 2. The predicted molar refractivity (Wildman–Crippen MR) is 180 cm³/mol. The van der Waals surface area contributed by atoms with Crippen molar-refractivity contribution in [3.05, 3.63) is 102 Å². The zero-order chi connectivity index (χ0) is 35.5. The molecule has 0 bridgehead atoms. The fourth-order valence-electron chi connectivity index (χ4n) is 5.66. The van der Waals surface area contributed by atoms with Crippen LogP contribution < -0.4 is 18.9 Å². The number of halogens is 3. The van der Waals surface area contributed by atoms with Crippen molar-refractivity contribution in [2.45, 2.75) is 17.6 Å². The van der Waals surface area contributed by atoms with Crippen molar-refractivity contribution in [2.24, 2.45) is 7.05 Å². The molecule has 2 aromatic heterocycles. The minimum absolute atomic E-state index is 0.0315. The summed E-state index contributed by atoms with van der Waals surface area (Å²) in [5.74, 6) is 0.837. The van der Waals surface area contributed by atoms with Gasteiger partial charge in [0.1, 0.15) is 11.5 Å². The molecule has 1 fully saturated rings. The lowest BCUT2D eigenvalue weighted by atomic mass is 10.2. The number of para-hydroxylation sites is 1. The van der Waals surface area contributed by atoms with Crippen LogP contribution in [0.2, 0.25) is 0 Å². The van der Waals surface area contributed by atoms with Crippen LogP contribution >= 0.6 is 0 Å². The van der Waals surface area contributed by atoms with E-state index in [-0.39, 0.29) is 28.1 Å². The number of pyridine rings is 1. The first-order chi connectivity index (χ1) is 23.9. The molecule has 0 atom stereocenters. The molecule has 262 valence electrons. The van der Waals surface area contributed by atoms with Gasteiger partial charge >= 0.3 is 6.18 Å². The lowest BCUT2D eigenvalue weighted by molar-refractivity contribution is -0.153. The normalized spacial score (nSPS) is 14.1. The molecule has 3 heterocycles. The van der Waals surface area contributed by atoms with Crippen LogP contribution in [0.5, 0.6) is 23.1 Å². The van der Waals surface area contributed by atoms with Gasteiger partial charge < -0.3 is 23.7 Å². The number of nitrogens with zero attached hydrogens (tertiary/aromatic N) is 4. The Balaban J connectivity index is 1.13. The number of methoxy groups -OCH3 is 1. The largest absolute Gasteiger partial charge is 0.497 e. The monoisotopic (exact) mass is 709 g/mol. The highest BCUT2D eigenvalue weighted by Gasteiger charge is 2.30.